The maximum Gasteiger partial charge on any atom is 0.167 e. The van der Waals surface area contributed by atoms with Crippen LogP contribution in [-0.4, -0.2) is 19.5 Å². The Kier molecular flexibility index (Phi) is 5.90. The minimum absolute atomic E-state index is 0.0666. The second-order valence-electron chi connectivity index (χ2n) is 9.17. The summed E-state index contributed by atoms with van der Waals surface area (Å²) in [6, 6.07) is 34.0. The summed E-state index contributed by atoms with van der Waals surface area (Å²) in [6.07, 6.45) is -0.775. The molecule has 1 N–H and O–H groups in total. The number of ether oxygens (including phenoxy) is 2. The molecule has 2 aliphatic heterocycles. The summed E-state index contributed by atoms with van der Waals surface area (Å²) < 4.78 is 42.5. The van der Waals surface area contributed by atoms with Gasteiger partial charge < -0.3 is 14.3 Å². The zero-order valence-corrected chi connectivity index (χ0v) is 19.4. The summed E-state index contributed by atoms with van der Waals surface area (Å²) >= 11 is 0. The number of rotatable bonds is 6. The van der Waals surface area contributed by atoms with Gasteiger partial charge in [0.2, 0.25) is 0 Å². The van der Waals surface area contributed by atoms with Gasteiger partial charge in [-0.15, -0.1) is 0 Å². The molecule has 4 aromatic rings. The molecule has 0 spiro atoms. The summed E-state index contributed by atoms with van der Waals surface area (Å²) in [4.78, 5) is 5.63. The first-order valence-electron chi connectivity index (χ1n) is 11.9. The van der Waals surface area contributed by atoms with Crippen LogP contribution in [0.1, 0.15) is 22.3 Å². The van der Waals surface area contributed by atoms with Crippen molar-refractivity contribution in [2.45, 2.75) is 17.4 Å². The van der Waals surface area contributed by atoms with E-state index < -0.39 is 35.0 Å². The molecular formula is C30H25F2NO3. The van der Waals surface area contributed by atoms with Crippen molar-refractivity contribution in [1.82, 2.24) is 5.48 Å². The van der Waals surface area contributed by atoms with Gasteiger partial charge in [0.1, 0.15) is 11.1 Å². The Morgan fingerprint density at radius 3 is 1.86 bits per heavy atom. The lowest BCUT2D eigenvalue weighted by molar-refractivity contribution is -0.187. The lowest BCUT2D eigenvalue weighted by atomic mass is 9.78. The van der Waals surface area contributed by atoms with E-state index in [1.165, 1.54) is 6.07 Å². The zero-order chi connectivity index (χ0) is 24.6. The Morgan fingerprint density at radius 1 is 0.750 bits per heavy atom. The van der Waals surface area contributed by atoms with Crippen LogP contribution in [-0.2, 0) is 25.5 Å². The van der Waals surface area contributed by atoms with E-state index in [-0.39, 0.29) is 18.8 Å². The first-order valence-corrected chi connectivity index (χ1v) is 11.9. The topological polar surface area (TPSA) is 39.7 Å². The van der Waals surface area contributed by atoms with Gasteiger partial charge in [-0.05, 0) is 22.8 Å². The van der Waals surface area contributed by atoms with E-state index in [9.17, 15) is 8.78 Å². The van der Waals surface area contributed by atoms with Gasteiger partial charge in [-0.2, -0.15) is 5.48 Å². The molecule has 2 aliphatic rings. The minimum atomic E-state index is -1.08. The van der Waals surface area contributed by atoms with Crippen LogP contribution in [0.5, 0.6) is 0 Å². The Hall–Kier alpha value is -3.42. The SMILES string of the molecule is Fc1cccc(C23COC(OC(c4ccccc4)(c4ccccc4)c4ccccc4)C2CON3)c1F. The predicted molar refractivity (Wildman–Crippen MR) is 131 cm³/mol. The van der Waals surface area contributed by atoms with Crippen LogP contribution < -0.4 is 5.48 Å². The number of hydrogen-bond donors (Lipinski definition) is 1. The Balaban J connectivity index is 1.49. The molecule has 2 heterocycles. The number of hydroxylamine groups is 1. The number of nitrogens with one attached hydrogen (secondary N) is 1. The summed E-state index contributed by atoms with van der Waals surface area (Å²) in [7, 11) is 0. The Bertz CT molecular complexity index is 1240. The highest BCUT2D eigenvalue weighted by Gasteiger charge is 2.59. The van der Waals surface area contributed by atoms with Crippen molar-refractivity contribution < 1.29 is 23.1 Å². The fourth-order valence-corrected chi connectivity index (χ4v) is 5.45. The maximum atomic E-state index is 15.0. The van der Waals surface area contributed by atoms with Gasteiger partial charge in [0.15, 0.2) is 17.9 Å². The average Bonchev–Trinajstić information content (AvgIpc) is 3.51. The largest absolute Gasteiger partial charge is 0.350 e. The lowest BCUT2D eigenvalue weighted by Crippen LogP contribution is -2.45. The first kappa shape index (κ1) is 23.0. The molecule has 182 valence electrons. The molecule has 0 radical (unpaired) electrons. The highest BCUT2D eigenvalue weighted by Crippen LogP contribution is 2.49. The fourth-order valence-electron chi connectivity index (χ4n) is 5.45. The lowest BCUT2D eigenvalue weighted by Gasteiger charge is -2.39. The molecule has 6 rings (SSSR count). The van der Waals surface area contributed by atoms with E-state index in [2.05, 4.69) is 5.48 Å². The van der Waals surface area contributed by atoms with Gasteiger partial charge in [0, 0.05) is 5.56 Å². The molecule has 0 aromatic heterocycles. The summed E-state index contributed by atoms with van der Waals surface area (Å²) in [6.45, 7) is 0.284. The van der Waals surface area contributed by atoms with Crippen LogP contribution in [0.15, 0.2) is 109 Å². The van der Waals surface area contributed by atoms with E-state index in [4.69, 9.17) is 14.3 Å². The Labute approximate surface area is 208 Å². The molecule has 0 saturated carbocycles. The van der Waals surface area contributed by atoms with Crippen LogP contribution in [0.4, 0.5) is 8.78 Å². The van der Waals surface area contributed by atoms with Gasteiger partial charge in [0.25, 0.3) is 0 Å². The van der Waals surface area contributed by atoms with Gasteiger partial charge in [-0.3, -0.25) is 0 Å². The van der Waals surface area contributed by atoms with E-state index in [1.54, 1.807) is 6.07 Å². The number of benzene rings is 4. The number of fused-ring (bicyclic) bond motifs is 1. The molecule has 0 amide bonds. The van der Waals surface area contributed by atoms with Gasteiger partial charge in [0.05, 0.1) is 19.1 Å². The standard InChI is InChI=1S/C30H25F2NO3/c31-26-18-10-17-24(27(26)32)29-20-34-28(25(29)19-35-33-29)36-30(21-11-4-1-5-12-21,22-13-6-2-7-14-22)23-15-8-3-9-16-23/h1-18,25,28,33H,19-20H2. The third-order valence-corrected chi connectivity index (χ3v) is 7.22. The molecule has 36 heavy (non-hydrogen) atoms. The minimum Gasteiger partial charge on any atom is -0.350 e. The summed E-state index contributed by atoms with van der Waals surface area (Å²) in [5.41, 5.74) is 3.78. The summed E-state index contributed by atoms with van der Waals surface area (Å²) in [5.74, 6) is -2.25. The van der Waals surface area contributed by atoms with Crippen molar-refractivity contribution in [2.24, 2.45) is 5.92 Å². The first-order chi connectivity index (χ1) is 17.6. The van der Waals surface area contributed by atoms with Crippen molar-refractivity contribution in [3.05, 3.63) is 143 Å². The third kappa shape index (κ3) is 3.57. The van der Waals surface area contributed by atoms with E-state index in [1.807, 2.05) is 91.0 Å². The normalized spacial score (nSPS) is 23.5. The van der Waals surface area contributed by atoms with Gasteiger partial charge >= 0.3 is 0 Å². The van der Waals surface area contributed by atoms with Crippen molar-refractivity contribution >= 4 is 0 Å². The van der Waals surface area contributed by atoms with Crippen LogP contribution in [0.3, 0.4) is 0 Å². The molecule has 0 bridgehead atoms. The van der Waals surface area contributed by atoms with Crippen LogP contribution in [0.2, 0.25) is 0 Å². The molecule has 3 atom stereocenters. The van der Waals surface area contributed by atoms with Gasteiger partial charge in [-0.25, -0.2) is 8.78 Å². The van der Waals surface area contributed by atoms with Crippen molar-refractivity contribution in [3.8, 4) is 0 Å². The maximum absolute atomic E-state index is 15.0. The van der Waals surface area contributed by atoms with Crippen LogP contribution in [0.25, 0.3) is 0 Å². The van der Waals surface area contributed by atoms with Crippen LogP contribution in [0, 0.1) is 17.6 Å². The number of hydrogen-bond acceptors (Lipinski definition) is 4. The summed E-state index contributed by atoms with van der Waals surface area (Å²) in [5, 5.41) is 0. The molecule has 2 saturated heterocycles. The van der Waals surface area contributed by atoms with E-state index in [0.29, 0.717) is 0 Å². The monoisotopic (exact) mass is 485 g/mol. The van der Waals surface area contributed by atoms with Crippen molar-refractivity contribution in [3.63, 3.8) is 0 Å². The zero-order valence-electron chi connectivity index (χ0n) is 19.4. The molecule has 6 heteroatoms. The van der Waals surface area contributed by atoms with Gasteiger partial charge in [-0.1, -0.05) is 103 Å². The average molecular weight is 486 g/mol. The Morgan fingerprint density at radius 2 is 1.31 bits per heavy atom. The molecular weight excluding hydrogens is 460 g/mol. The fraction of sp³-hybridized carbons (Fsp3) is 0.200. The molecule has 4 nitrogen and oxygen atoms in total. The molecule has 2 fully saturated rings. The van der Waals surface area contributed by atoms with E-state index >= 15 is 0 Å². The van der Waals surface area contributed by atoms with Crippen molar-refractivity contribution in [1.29, 1.82) is 0 Å². The molecule has 3 unspecified atom stereocenters. The molecule has 4 aromatic carbocycles. The third-order valence-electron chi connectivity index (χ3n) is 7.22. The second-order valence-corrected chi connectivity index (χ2v) is 9.17. The predicted octanol–water partition coefficient (Wildman–Crippen LogP) is 5.68. The smallest absolute Gasteiger partial charge is 0.167 e. The highest BCUT2D eigenvalue weighted by molar-refractivity contribution is 5.47. The highest BCUT2D eigenvalue weighted by atomic mass is 19.2. The molecule has 0 aliphatic carbocycles. The number of halogens is 2. The quantitative estimate of drug-likeness (QED) is 0.357. The van der Waals surface area contributed by atoms with Crippen molar-refractivity contribution in [2.75, 3.05) is 13.2 Å². The van der Waals surface area contributed by atoms with Crippen LogP contribution >= 0.6 is 0 Å². The van der Waals surface area contributed by atoms with E-state index in [0.717, 1.165) is 22.8 Å². The second kappa shape index (κ2) is 9.22.